The van der Waals surface area contributed by atoms with Crippen molar-refractivity contribution >= 4 is 29.9 Å². The van der Waals surface area contributed by atoms with Crippen LogP contribution in [0, 0.1) is 11.7 Å². The molecule has 28 heavy (non-hydrogen) atoms. The summed E-state index contributed by atoms with van der Waals surface area (Å²) in [6.07, 6.45) is 3.58. The van der Waals surface area contributed by atoms with E-state index < -0.39 is 11.7 Å². The van der Waals surface area contributed by atoms with Gasteiger partial charge in [0.15, 0.2) is 0 Å². The molecule has 3 heterocycles. The molecule has 1 aromatic carbocycles. The molecule has 2 unspecified atom stereocenters. The molecule has 148 valence electrons. The van der Waals surface area contributed by atoms with Gasteiger partial charge in [0, 0.05) is 45.0 Å². The third-order valence-electron chi connectivity index (χ3n) is 5.21. The first-order valence-corrected chi connectivity index (χ1v) is 9.11. The predicted molar refractivity (Wildman–Crippen MR) is 106 cm³/mol. The summed E-state index contributed by atoms with van der Waals surface area (Å²) in [5, 5.41) is 3.31. The number of aromatic nitrogens is 1. The number of nitrogens with zero attached hydrogens (tertiary/aromatic N) is 3. The Morgan fingerprint density at radius 2 is 2.04 bits per heavy atom. The van der Waals surface area contributed by atoms with Crippen LogP contribution in [0.2, 0.25) is 0 Å². The number of pyridine rings is 1. The first-order chi connectivity index (χ1) is 13.1. The van der Waals surface area contributed by atoms with Gasteiger partial charge >= 0.3 is 0 Å². The van der Waals surface area contributed by atoms with Crippen LogP contribution in [-0.2, 0) is 9.59 Å². The lowest BCUT2D eigenvalue weighted by Gasteiger charge is -2.37. The zero-order valence-electron chi connectivity index (χ0n) is 15.3. The van der Waals surface area contributed by atoms with Crippen LogP contribution in [0.15, 0.2) is 48.8 Å². The first kappa shape index (κ1) is 20.2. The van der Waals surface area contributed by atoms with E-state index in [4.69, 9.17) is 0 Å². The fourth-order valence-corrected chi connectivity index (χ4v) is 3.85. The van der Waals surface area contributed by atoms with Crippen molar-refractivity contribution in [1.29, 1.82) is 0 Å². The molecule has 0 radical (unpaired) electrons. The molecule has 4 rings (SSSR count). The number of rotatable bonds is 3. The summed E-state index contributed by atoms with van der Waals surface area (Å²) >= 11 is 0. The van der Waals surface area contributed by atoms with Crippen LogP contribution in [0.25, 0.3) is 0 Å². The number of halogens is 2. The van der Waals surface area contributed by atoms with Gasteiger partial charge in [0.2, 0.25) is 11.8 Å². The fraction of sp³-hybridized carbons (Fsp3) is 0.350. The Hall–Kier alpha value is -2.51. The van der Waals surface area contributed by atoms with Crippen molar-refractivity contribution in [2.45, 2.75) is 12.5 Å². The molecule has 2 atom stereocenters. The summed E-state index contributed by atoms with van der Waals surface area (Å²) < 4.78 is 14.1. The Kier molecular flexibility index (Phi) is 6.26. The Labute approximate surface area is 169 Å². The zero-order valence-corrected chi connectivity index (χ0v) is 16.1. The molecule has 2 saturated heterocycles. The number of hydrogen-bond acceptors (Lipinski definition) is 4. The van der Waals surface area contributed by atoms with Gasteiger partial charge in [-0.2, -0.15) is 0 Å². The smallest absolute Gasteiger partial charge is 0.228 e. The Balaban J connectivity index is 0.00000225. The summed E-state index contributed by atoms with van der Waals surface area (Å²) in [4.78, 5) is 33.0. The number of carbonyl (C=O) groups is 2. The van der Waals surface area contributed by atoms with Crippen molar-refractivity contribution < 1.29 is 14.0 Å². The molecule has 2 aromatic rings. The molecule has 1 N–H and O–H groups in total. The van der Waals surface area contributed by atoms with Gasteiger partial charge in [-0.25, -0.2) is 4.39 Å². The van der Waals surface area contributed by atoms with Gasteiger partial charge in [-0.15, -0.1) is 12.4 Å². The minimum atomic E-state index is -0.464. The third kappa shape index (κ3) is 3.86. The lowest BCUT2D eigenvalue weighted by atomic mass is 10.0. The van der Waals surface area contributed by atoms with E-state index in [-0.39, 0.29) is 48.9 Å². The number of amides is 2. The summed E-state index contributed by atoms with van der Waals surface area (Å²) in [5.74, 6) is -1.19. The van der Waals surface area contributed by atoms with Gasteiger partial charge in [-0.05, 0) is 23.8 Å². The monoisotopic (exact) mass is 404 g/mol. The van der Waals surface area contributed by atoms with Crippen LogP contribution < -0.4 is 10.2 Å². The van der Waals surface area contributed by atoms with Crippen molar-refractivity contribution in [2.24, 2.45) is 5.92 Å². The Morgan fingerprint density at radius 1 is 1.21 bits per heavy atom. The molecule has 0 saturated carbocycles. The lowest BCUT2D eigenvalue weighted by Crippen LogP contribution is -2.50. The van der Waals surface area contributed by atoms with Crippen molar-refractivity contribution in [1.82, 2.24) is 15.2 Å². The van der Waals surface area contributed by atoms with Crippen molar-refractivity contribution in [3.8, 4) is 0 Å². The van der Waals surface area contributed by atoms with E-state index in [0.717, 1.165) is 5.56 Å². The summed E-state index contributed by atoms with van der Waals surface area (Å²) in [5.41, 5.74) is 1.20. The number of para-hydroxylation sites is 1. The van der Waals surface area contributed by atoms with Gasteiger partial charge in [0.1, 0.15) is 5.82 Å². The second kappa shape index (κ2) is 8.67. The van der Waals surface area contributed by atoms with E-state index >= 15 is 0 Å². The number of anilines is 1. The number of nitrogens with one attached hydrogen (secondary N) is 1. The molecule has 2 amide bonds. The maximum atomic E-state index is 14.1. The normalized spacial score (nSPS) is 22.1. The molecule has 0 bridgehead atoms. The predicted octanol–water partition coefficient (Wildman–Crippen LogP) is 2.17. The van der Waals surface area contributed by atoms with Crippen molar-refractivity contribution in [2.75, 3.05) is 31.1 Å². The van der Waals surface area contributed by atoms with Crippen LogP contribution >= 0.6 is 12.4 Å². The van der Waals surface area contributed by atoms with Crippen LogP contribution in [0.5, 0.6) is 0 Å². The quantitative estimate of drug-likeness (QED) is 0.851. The van der Waals surface area contributed by atoms with Crippen LogP contribution in [0.4, 0.5) is 10.1 Å². The molecule has 1 aromatic heterocycles. The second-order valence-electron chi connectivity index (χ2n) is 6.89. The van der Waals surface area contributed by atoms with Crippen LogP contribution in [0.3, 0.4) is 0 Å². The van der Waals surface area contributed by atoms with E-state index in [1.54, 1.807) is 30.6 Å². The molecular weight excluding hydrogens is 383 g/mol. The Bertz CT molecular complexity index is 851. The molecule has 2 aliphatic heterocycles. The van der Waals surface area contributed by atoms with E-state index in [1.165, 1.54) is 11.0 Å². The summed E-state index contributed by atoms with van der Waals surface area (Å²) in [6, 6.07) is 9.87. The van der Waals surface area contributed by atoms with E-state index in [1.807, 2.05) is 17.0 Å². The average Bonchev–Trinajstić information content (AvgIpc) is 3.10. The number of benzene rings is 1. The summed E-state index contributed by atoms with van der Waals surface area (Å²) in [7, 11) is 0. The van der Waals surface area contributed by atoms with E-state index in [2.05, 4.69) is 10.3 Å². The summed E-state index contributed by atoms with van der Waals surface area (Å²) in [6.45, 7) is 2.14. The highest BCUT2D eigenvalue weighted by molar-refractivity contribution is 6.00. The first-order valence-electron chi connectivity index (χ1n) is 9.11. The van der Waals surface area contributed by atoms with Crippen LogP contribution in [-0.4, -0.2) is 47.9 Å². The average molecular weight is 405 g/mol. The maximum Gasteiger partial charge on any atom is 0.228 e. The van der Waals surface area contributed by atoms with Gasteiger partial charge in [-0.3, -0.25) is 14.6 Å². The highest BCUT2D eigenvalue weighted by Crippen LogP contribution is 2.31. The van der Waals surface area contributed by atoms with Crippen molar-refractivity contribution in [3.05, 3.63) is 60.2 Å². The van der Waals surface area contributed by atoms with E-state index in [0.29, 0.717) is 19.6 Å². The second-order valence-corrected chi connectivity index (χ2v) is 6.89. The number of hydrogen-bond donors (Lipinski definition) is 1. The minimum Gasteiger partial charge on any atom is -0.333 e. The number of piperazine rings is 1. The Morgan fingerprint density at radius 3 is 2.79 bits per heavy atom. The molecule has 0 aliphatic carbocycles. The lowest BCUT2D eigenvalue weighted by molar-refractivity contribution is -0.139. The van der Waals surface area contributed by atoms with Gasteiger partial charge < -0.3 is 15.1 Å². The fourth-order valence-electron chi connectivity index (χ4n) is 3.85. The SMILES string of the molecule is Cl.O=C1CC(C(=O)N2CCNCC2c2cccnc2)CN1c1ccccc1F. The van der Waals surface area contributed by atoms with Gasteiger partial charge in [-0.1, -0.05) is 18.2 Å². The van der Waals surface area contributed by atoms with Crippen molar-refractivity contribution in [3.63, 3.8) is 0 Å². The zero-order chi connectivity index (χ0) is 18.8. The molecule has 2 fully saturated rings. The molecular formula is C20H22ClFN4O2. The van der Waals surface area contributed by atoms with E-state index in [9.17, 15) is 14.0 Å². The standard InChI is InChI=1S/C20H21FN4O2.ClH/c21-16-5-1-2-6-17(16)25-13-15(10-19(25)26)20(27)24-9-8-23-12-18(24)14-4-3-7-22-11-14;/h1-7,11,15,18,23H,8-10,12-13H2;1H. The minimum absolute atomic E-state index is 0. The highest BCUT2D eigenvalue weighted by atomic mass is 35.5. The maximum absolute atomic E-state index is 14.1. The van der Waals surface area contributed by atoms with Gasteiger partial charge in [0.25, 0.3) is 0 Å². The molecule has 8 heteroatoms. The van der Waals surface area contributed by atoms with Gasteiger partial charge in [0.05, 0.1) is 17.6 Å². The highest BCUT2D eigenvalue weighted by Gasteiger charge is 2.40. The topological polar surface area (TPSA) is 65.5 Å². The molecule has 2 aliphatic rings. The molecule has 0 spiro atoms. The third-order valence-corrected chi connectivity index (χ3v) is 5.21. The molecule has 6 nitrogen and oxygen atoms in total. The number of carbonyl (C=O) groups excluding carboxylic acids is 2. The largest absolute Gasteiger partial charge is 0.333 e. The van der Waals surface area contributed by atoms with Crippen LogP contribution in [0.1, 0.15) is 18.0 Å².